The van der Waals surface area contributed by atoms with Crippen molar-refractivity contribution in [2.24, 2.45) is 0 Å². The van der Waals surface area contributed by atoms with Crippen molar-refractivity contribution in [3.05, 3.63) is 16.3 Å². The van der Waals surface area contributed by atoms with E-state index in [0.717, 1.165) is 0 Å². The highest BCUT2D eigenvalue weighted by Gasteiger charge is 2.27. The van der Waals surface area contributed by atoms with Gasteiger partial charge in [0.1, 0.15) is 0 Å². The Morgan fingerprint density at radius 2 is 1.57 bits per heavy atom. The van der Waals surface area contributed by atoms with E-state index in [4.69, 9.17) is 5.11 Å². The Kier molecular flexibility index (Phi) is 10.8. The molecular weight excluding hydrogens is 729 g/mol. The maximum atomic E-state index is 12.3. The average molecular weight is 746 g/mol. The summed E-state index contributed by atoms with van der Waals surface area (Å²) >= 11 is 7.12. The molecule has 0 aromatic heterocycles. The van der Waals surface area contributed by atoms with Crippen LogP contribution in [0, 0.1) is 10.7 Å². The second-order valence-electron chi connectivity index (χ2n) is 5.48. The monoisotopic (exact) mass is 746 g/mol. The number of carbonyl (C=O) groups is 4. The smallest absolute Gasteiger partial charge is 0.338 e. The number of thioether (sulfide) groups is 1. The van der Waals surface area contributed by atoms with E-state index in [9.17, 15) is 24.3 Å². The molecule has 1 aromatic rings. The number of carboxylic acids is 2. The third-order valence-electron chi connectivity index (χ3n) is 3.51. The molecule has 0 atom stereocenters. The normalized spacial score (nSPS) is 10.5. The van der Waals surface area contributed by atoms with Crippen molar-refractivity contribution in [1.29, 1.82) is 0 Å². The zero-order valence-corrected chi connectivity index (χ0v) is 22.1. The van der Waals surface area contributed by atoms with Gasteiger partial charge in [0.15, 0.2) is 0 Å². The second-order valence-corrected chi connectivity index (χ2v) is 9.94. The quantitative estimate of drug-likeness (QED) is 0.260. The number of aromatic carboxylic acids is 1. The second kappa shape index (κ2) is 11.7. The third kappa shape index (κ3) is 6.86. The molecular formula is C16H17I3N2O6S. The number of carboxylic acid groups (broad SMARTS) is 2. The largest absolute Gasteiger partial charge is 0.481 e. The molecule has 2 amide bonds. The fraction of sp³-hybridized carbons (Fsp3) is 0.375. The SMILES string of the molecule is CC(=O)N(C)c1c(I)c(NC(=O)CCSCCC(=O)O)c(I)c(C(=O)O)c1I. The molecule has 12 heteroatoms. The molecule has 3 N–H and O–H groups in total. The van der Waals surface area contributed by atoms with E-state index in [0.29, 0.717) is 33.6 Å². The third-order valence-corrected chi connectivity index (χ3v) is 7.68. The van der Waals surface area contributed by atoms with Gasteiger partial charge in [0.25, 0.3) is 0 Å². The van der Waals surface area contributed by atoms with E-state index >= 15 is 0 Å². The van der Waals surface area contributed by atoms with Crippen molar-refractivity contribution in [2.45, 2.75) is 19.8 Å². The van der Waals surface area contributed by atoms with E-state index in [1.165, 1.54) is 23.6 Å². The van der Waals surface area contributed by atoms with Gasteiger partial charge in [0.05, 0.1) is 34.1 Å². The van der Waals surface area contributed by atoms with E-state index in [1.54, 1.807) is 7.05 Å². The van der Waals surface area contributed by atoms with Crippen LogP contribution >= 0.6 is 79.5 Å². The topological polar surface area (TPSA) is 124 Å². The molecule has 0 unspecified atom stereocenters. The number of hydrogen-bond donors (Lipinski definition) is 3. The van der Waals surface area contributed by atoms with Gasteiger partial charge < -0.3 is 20.4 Å². The maximum Gasteiger partial charge on any atom is 0.338 e. The molecule has 0 saturated carbocycles. The lowest BCUT2D eigenvalue weighted by Gasteiger charge is -2.23. The standard InChI is InChI=1S/C16H17I3N2O6S/c1-7(22)21(2)15-12(18)10(16(26)27)11(17)14(13(15)19)20-8(23)3-5-28-6-4-9(24)25/h3-6H2,1-2H3,(H,20,23)(H,24,25)(H,26,27). The Morgan fingerprint density at radius 3 is 2.07 bits per heavy atom. The number of nitrogens with zero attached hydrogens (tertiary/aromatic N) is 1. The summed E-state index contributed by atoms with van der Waals surface area (Å²) < 4.78 is 1.37. The van der Waals surface area contributed by atoms with Gasteiger partial charge in [0, 0.05) is 31.9 Å². The van der Waals surface area contributed by atoms with Crippen LogP contribution in [0.5, 0.6) is 0 Å². The molecule has 28 heavy (non-hydrogen) atoms. The van der Waals surface area contributed by atoms with Gasteiger partial charge in [-0.25, -0.2) is 4.79 Å². The van der Waals surface area contributed by atoms with Gasteiger partial charge in [-0.05, 0) is 67.8 Å². The molecule has 0 fully saturated rings. The molecule has 0 heterocycles. The number of rotatable bonds is 9. The van der Waals surface area contributed by atoms with Crippen LogP contribution in [0.25, 0.3) is 0 Å². The van der Waals surface area contributed by atoms with Crippen LogP contribution in [0.2, 0.25) is 0 Å². The number of amides is 2. The summed E-state index contributed by atoms with van der Waals surface area (Å²) in [6, 6.07) is 0. The molecule has 1 aromatic carbocycles. The Bertz CT molecular complexity index is 818. The van der Waals surface area contributed by atoms with Crippen molar-refractivity contribution < 1.29 is 29.4 Å². The van der Waals surface area contributed by atoms with Crippen molar-refractivity contribution in [3.63, 3.8) is 0 Å². The Morgan fingerprint density at radius 1 is 1.00 bits per heavy atom. The summed E-state index contributed by atoms with van der Waals surface area (Å²) in [5.41, 5.74) is 0.802. The van der Waals surface area contributed by atoms with E-state index in [2.05, 4.69) is 5.32 Å². The molecule has 0 aliphatic carbocycles. The van der Waals surface area contributed by atoms with Gasteiger partial charge >= 0.3 is 11.9 Å². The Hall–Kier alpha value is -0.360. The molecule has 0 saturated heterocycles. The first-order valence-electron chi connectivity index (χ1n) is 7.76. The lowest BCUT2D eigenvalue weighted by Crippen LogP contribution is -2.27. The lowest BCUT2D eigenvalue weighted by molar-refractivity contribution is -0.136. The highest BCUT2D eigenvalue weighted by molar-refractivity contribution is 14.1. The molecule has 154 valence electrons. The van der Waals surface area contributed by atoms with Gasteiger partial charge in [-0.3, -0.25) is 14.4 Å². The number of hydrogen-bond acceptors (Lipinski definition) is 5. The lowest BCUT2D eigenvalue weighted by atomic mass is 10.1. The number of benzene rings is 1. The summed E-state index contributed by atoms with van der Waals surface area (Å²) in [6.07, 6.45) is 0.185. The first kappa shape index (κ1) is 25.7. The highest BCUT2D eigenvalue weighted by Crippen LogP contribution is 2.40. The molecule has 1 rings (SSSR count). The minimum absolute atomic E-state index is 0.0239. The van der Waals surface area contributed by atoms with Gasteiger partial charge in [0.2, 0.25) is 11.8 Å². The van der Waals surface area contributed by atoms with Crippen molar-refractivity contribution >= 4 is 115 Å². The average Bonchev–Trinajstić information content (AvgIpc) is 2.57. The minimum Gasteiger partial charge on any atom is -0.481 e. The fourth-order valence-electron chi connectivity index (χ4n) is 2.03. The van der Waals surface area contributed by atoms with Crippen molar-refractivity contribution in [3.8, 4) is 0 Å². The summed E-state index contributed by atoms with van der Waals surface area (Å²) in [5, 5.41) is 21.0. The zero-order valence-electron chi connectivity index (χ0n) is 14.8. The summed E-state index contributed by atoms with van der Waals surface area (Å²) in [7, 11) is 1.55. The van der Waals surface area contributed by atoms with Crippen LogP contribution in [0.3, 0.4) is 0 Å². The number of carbonyl (C=O) groups excluding carboxylic acids is 2. The van der Waals surface area contributed by atoms with E-state index in [1.807, 2.05) is 67.8 Å². The number of anilines is 2. The van der Waals surface area contributed by atoms with E-state index in [-0.39, 0.29) is 30.2 Å². The molecule has 0 spiro atoms. The summed E-state index contributed by atoms with van der Waals surface area (Å²) in [5.74, 6) is -1.75. The first-order chi connectivity index (χ1) is 13.0. The van der Waals surface area contributed by atoms with Crippen molar-refractivity contribution in [1.82, 2.24) is 0 Å². The van der Waals surface area contributed by atoms with E-state index < -0.39 is 11.9 Å². The Balaban J connectivity index is 3.14. The van der Waals surface area contributed by atoms with Gasteiger partial charge in [-0.1, -0.05) is 0 Å². The summed E-state index contributed by atoms with van der Waals surface area (Å²) in [6.45, 7) is 1.37. The maximum absolute atomic E-state index is 12.3. The summed E-state index contributed by atoms with van der Waals surface area (Å²) in [4.78, 5) is 47.8. The van der Waals surface area contributed by atoms with Crippen LogP contribution < -0.4 is 10.2 Å². The predicted molar refractivity (Wildman–Crippen MR) is 133 cm³/mol. The van der Waals surface area contributed by atoms with Crippen LogP contribution in [0.15, 0.2) is 0 Å². The number of aliphatic carboxylic acids is 1. The Labute approximate surface area is 207 Å². The van der Waals surface area contributed by atoms with Gasteiger partial charge in [-0.2, -0.15) is 11.8 Å². The molecule has 0 radical (unpaired) electrons. The van der Waals surface area contributed by atoms with Gasteiger partial charge in [-0.15, -0.1) is 0 Å². The van der Waals surface area contributed by atoms with Crippen LogP contribution in [0.1, 0.15) is 30.1 Å². The molecule has 0 aliphatic rings. The fourth-order valence-corrected chi connectivity index (χ4v) is 7.50. The van der Waals surface area contributed by atoms with Crippen molar-refractivity contribution in [2.75, 3.05) is 28.8 Å². The van der Waals surface area contributed by atoms with Crippen LogP contribution in [-0.2, 0) is 14.4 Å². The predicted octanol–water partition coefficient (Wildman–Crippen LogP) is 3.72. The van der Waals surface area contributed by atoms with Crippen LogP contribution in [-0.4, -0.2) is 52.5 Å². The highest BCUT2D eigenvalue weighted by atomic mass is 127. The van der Waals surface area contributed by atoms with Crippen LogP contribution in [0.4, 0.5) is 11.4 Å². The molecule has 0 aliphatic heterocycles. The molecule has 8 nitrogen and oxygen atoms in total. The number of nitrogens with one attached hydrogen (secondary N) is 1. The zero-order chi connectivity index (χ0) is 21.6. The minimum atomic E-state index is -1.15. The first-order valence-corrected chi connectivity index (χ1v) is 12.2. The number of halogens is 3. The molecule has 0 bridgehead atoms.